The molecule has 0 nitrogen and oxygen atoms in total. The summed E-state index contributed by atoms with van der Waals surface area (Å²) in [6.07, 6.45) is 13.6. The van der Waals surface area contributed by atoms with Gasteiger partial charge in [-0.25, -0.2) is 0 Å². The Kier molecular flexibility index (Phi) is 13.1. The minimum atomic E-state index is 1.06. The zero-order valence-electron chi connectivity index (χ0n) is 9.45. The van der Waals surface area contributed by atoms with Crippen molar-refractivity contribution < 1.29 is 0 Å². The minimum absolute atomic E-state index is 1.06. The summed E-state index contributed by atoms with van der Waals surface area (Å²) in [6.45, 7) is 2.27. The summed E-state index contributed by atoms with van der Waals surface area (Å²) in [5, 5.41) is 0. The van der Waals surface area contributed by atoms with Crippen molar-refractivity contribution in [3.8, 4) is 10.8 Å². The van der Waals surface area contributed by atoms with Crippen molar-refractivity contribution in [1.82, 2.24) is 0 Å². The quantitative estimate of drug-likeness (QED) is 0.391. The Hall–Kier alpha value is 0.0400. The second-order valence-electron chi connectivity index (χ2n) is 3.85. The molecule has 0 N–H and O–H groups in total. The maximum absolute atomic E-state index is 3.11. The van der Waals surface area contributed by atoms with Crippen LogP contribution in [0.4, 0.5) is 0 Å². The normalized spacial score (nSPS) is 9.57. The molecule has 0 saturated heterocycles. The molecule has 0 aromatic rings. The van der Waals surface area contributed by atoms with Crippen molar-refractivity contribution >= 4 is 15.9 Å². The Morgan fingerprint density at radius 2 is 1.29 bits per heavy atom. The van der Waals surface area contributed by atoms with E-state index < -0.39 is 0 Å². The average Bonchev–Trinajstić information content (AvgIpc) is 2.21. The fourth-order valence-electron chi connectivity index (χ4n) is 1.57. The molecular weight excluding hydrogens is 236 g/mol. The number of unbranched alkanes of at least 4 members (excludes halogenated alkanes) is 9. The van der Waals surface area contributed by atoms with Gasteiger partial charge in [0.15, 0.2) is 0 Å². The second-order valence-corrected chi connectivity index (χ2v) is 4.25. The van der Waals surface area contributed by atoms with Crippen molar-refractivity contribution in [1.29, 1.82) is 0 Å². The van der Waals surface area contributed by atoms with Crippen LogP contribution in [-0.2, 0) is 0 Å². The summed E-state index contributed by atoms with van der Waals surface area (Å²) < 4.78 is 0. The molecule has 1 heteroatoms. The lowest BCUT2D eigenvalue weighted by atomic mass is 10.1. The number of halogens is 1. The van der Waals surface area contributed by atoms with Crippen LogP contribution in [0, 0.1) is 10.8 Å². The van der Waals surface area contributed by atoms with E-state index in [-0.39, 0.29) is 0 Å². The predicted molar refractivity (Wildman–Crippen MR) is 68.5 cm³/mol. The van der Waals surface area contributed by atoms with Crippen LogP contribution in [0.2, 0.25) is 0 Å². The summed E-state index contributed by atoms with van der Waals surface area (Å²) >= 11 is 3.11. The van der Waals surface area contributed by atoms with E-state index in [4.69, 9.17) is 0 Å². The Balaban J connectivity index is 2.87. The van der Waals surface area contributed by atoms with E-state index in [0.29, 0.717) is 0 Å². The monoisotopic (exact) mass is 258 g/mol. The molecule has 0 spiro atoms. The average molecular weight is 259 g/mol. The van der Waals surface area contributed by atoms with Crippen LogP contribution in [-0.4, -0.2) is 0 Å². The molecule has 0 bridgehead atoms. The van der Waals surface area contributed by atoms with Crippen LogP contribution in [0.3, 0.4) is 0 Å². The molecule has 0 atom stereocenters. The van der Waals surface area contributed by atoms with Gasteiger partial charge in [0.05, 0.1) is 0 Å². The van der Waals surface area contributed by atoms with Crippen LogP contribution < -0.4 is 0 Å². The van der Waals surface area contributed by atoms with Gasteiger partial charge in [-0.3, -0.25) is 0 Å². The van der Waals surface area contributed by atoms with Gasteiger partial charge in [-0.05, 0) is 11.3 Å². The van der Waals surface area contributed by atoms with Gasteiger partial charge in [0.2, 0.25) is 0 Å². The van der Waals surface area contributed by atoms with Crippen molar-refractivity contribution in [3.63, 3.8) is 0 Å². The molecule has 0 aromatic carbocycles. The van der Waals surface area contributed by atoms with E-state index in [2.05, 4.69) is 33.6 Å². The zero-order chi connectivity index (χ0) is 10.5. The topological polar surface area (TPSA) is 0 Å². The molecule has 0 fully saturated rings. The third-order valence-electron chi connectivity index (χ3n) is 2.47. The molecule has 0 aliphatic rings. The zero-order valence-corrected chi connectivity index (χ0v) is 11.0. The third-order valence-corrected chi connectivity index (χ3v) is 2.75. The summed E-state index contributed by atoms with van der Waals surface area (Å²) in [5.74, 6) is 3.03. The van der Waals surface area contributed by atoms with E-state index in [1.807, 2.05) is 0 Å². The van der Waals surface area contributed by atoms with Crippen molar-refractivity contribution in [3.05, 3.63) is 0 Å². The smallest absolute Gasteiger partial charge is 0.0106 e. The molecule has 0 heterocycles. The van der Waals surface area contributed by atoms with Gasteiger partial charge in [-0.15, -0.1) is 0 Å². The first-order valence-corrected chi connectivity index (χ1v) is 6.79. The van der Waals surface area contributed by atoms with Gasteiger partial charge >= 0.3 is 0 Å². The first kappa shape index (κ1) is 14.0. The standard InChI is InChI=1S/C13H23Br/c1-2-3-4-5-6-7-8-9-10-11-12-13-14/h2-11H2,1H3. The molecular formula is C13H23Br. The molecule has 0 amide bonds. The van der Waals surface area contributed by atoms with Gasteiger partial charge < -0.3 is 0 Å². The van der Waals surface area contributed by atoms with Gasteiger partial charge in [0.25, 0.3) is 0 Å². The third kappa shape index (κ3) is 12.0. The lowest BCUT2D eigenvalue weighted by molar-refractivity contribution is 0.567. The van der Waals surface area contributed by atoms with E-state index >= 15 is 0 Å². The van der Waals surface area contributed by atoms with Crippen molar-refractivity contribution in [2.45, 2.75) is 71.1 Å². The molecule has 0 aliphatic carbocycles. The van der Waals surface area contributed by atoms with Crippen LogP contribution in [0.5, 0.6) is 0 Å². The van der Waals surface area contributed by atoms with Gasteiger partial charge in [-0.2, -0.15) is 0 Å². The number of rotatable bonds is 9. The summed E-state index contributed by atoms with van der Waals surface area (Å²) in [6, 6.07) is 0. The van der Waals surface area contributed by atoms with Gasteiger partial charge in [0.1, 0.15) is 0 Å². The molecule has 0 aliphatic heterocycles. The molecule has 0 aromatic heterocycles. The highest BCUT2D eigenvalue weighted by molar-refractivity contribution is 9.12. The van der Waals surface area contributed by atoms with Crippen molar-refractivity contribution in [2.24, 2.45) is 0 Å². The first-order chi connectivity index (χ1) is 6.91. The van der Waals surface area contributed by atoms with Gasteiger partial charge in [0, 0.05) is 22.4 Å². The fourth-order valence-corrected chi connectivity index (χ4v) is 1.77. The minimum Gasteiger partial charge on any atom is -0.0908 e. The molecule has 0 saturated carbocycles. The van der Waals surface area contributed by atoms with E-state index in [1.54, 1.807) is 0 Å². The molecule has 14 heavy (non-hydrogen) atoms. The summed E-state index contributed by atoms with van der Waals surface area (Å²) in [4.78, 5) is 2.76. The van der Waals surface area contributed by atoms with Crippen LogP contribution in [0.15, 0.2) is 0 Å². The molecule has 0 rings (SSSR count). The highest BCUT2D eigenvalue weighted by Crippen LogP contribution is 2.10. The highest BCUT2D eigenvalue weighted by Gasteiger charge is 1.90. The Labute approximate surface area is 98.0 Å². The van der Waals surface area contributed by atoms with Crippen LogP contribution >= 0.6 is 15.9 Å². The maximum Gasteiger partial charge on any atom is 0.0106 e. The first-order valence-electron chi connectivity index (χ1n) is 6.00. The van der Waals surface area contributed by atoms with E-state index in [1.165, 1.54) is 57.8 Å². The SMILES string of the molecule is CCCCCCCCCCCC#CBr. The second kappa shape index (κ2) is 13.0. The van der Waals surface area contributed by atoms with Crippen LogP contribution in [0.25, 0.3) is 0 Å². The molecule has 0 radical (unpaired) electrons. The highest BCUT2D eigenvalue weighted by atomic mass is 79.9. The molecule has 0 unspecified atom stereocenters. The van der Waals surface area contributed by atoms with Crippen LogP contribution in [0.1, 0.15) is 71.1 Å². The van der Waals surface area contributed by atoms with Gasteiger partial charge in [-0.1, -0.05) is 64.2 Å². The fraction of sp³-hybridized carbons (Fsp3) is 0.846. The number of hydrogen-bond donors (Lipinski definition) is 0. The largest absolute Gasteiger partial charge is 0.0908 e. The number of hydrogen-bond acceptors (Lipinski definition) is 0. The van der Waals surface area contributed by atoms with E-state index in [0.717, 1.165) is 6.42 Å². The Bertz CT molecular complexity index is 152. The Morgan fingerprint density at radius 1 is 0.786 bits per heavy atom. The van der Waals surface area contributed by atoms with Crippen molar-refractivity contribution in [2.75, 3.05) is 0 Å². The summed E-state index contributed by atoms with van der Waals surface area (Å²) in [7, 11) is 0. The predicted octanol–water partition coefficient (Wildman–Crippen LogP) is 5.26. The van der Waals surface area contributed by atoms with E-state index in [9.17, 15) is 0 Å². The lowest BCUT2D eigenvalue weighted by Crippen LogP contribution is -1.80. The Morgan fingerprint density at radius 3 is 1.79 bits per heavy atom. The summed E-state index contributed by atoms with van der Waals surface area (Å²) in [5.41, 5.74) is 0. The molecule has 82 valence electrons. The lowest BCUT2D eigenvalue weighted by Gasteiger charge is -1.99. The maximum atomic E-state index is 3.11.